The second-order valence-electron chi connectivity index (χ2n) is 5.55. The zero-order chi connectivity index (χ0) is 17.4. The Morgan fingerprint density at radius 2 is 2.04 bits per heavy atom. The molecule has 0 aromatic heterocycles. The summed E-state index contributed by atoms with van der Waals surface area (Å²) in [4.78, 5) is 24.0. The third-order valence-electron chi connectivity index (χ3n) is 3.69. The smallest absolute Gasteiger partial charge is 0.328 e. The molecule has 130 valence electrons. The highest BCUT2D eigenvalue weighted by atomic mass is 16.7. The van der Waals surface area contributed by atoms with E-state index in [1.165, 1.54) is 13.4 Å². The number of hydrogen-bond acceptors (Lipinski definition) is 5. The minimum atomic E-state index is -0.680. The van der Waals surface area contributed by atoms with E-state index in [0.29, 0.717) is 12.8 Å². The summed E-state index contributed by atoms with van der Waals surface area (Å²) in [6, 6.07) is 9.03. The second-order valence-corrected chi connectivity index (χ2v) is 5.55. The standard InChI is InChI=1S/C18H23NO5/c1-3-4-10-14(18(21)22-2)19-17(20)15-12-23-16(24-15)11-13-8-6-5-7-9-13/h5-9,12,14,16H,3-4,10-11H2,1-2H3,(H,19,20). The number of carbonyl (C=O) groups is 2. The van der Waals surface area contributed by atoms with E-state index < -0.39 is 24.2 Å². The molecule has 0 saturated carbocycles. The molecule has 0 fully saturated rings. The molecular formula is C18H23NO5. The van der Waals surface area contributed by atoms with Gasteiger partial charge in [-0.25, -0.2) is 4.79 Å². The molecule has 2 atom stereocenters. The molecule has 6 heteroatoms. The number of nitrogens with one attached hydrogen (secondary N) is 1. The van der Waals surface area contributed by atoms with Gasteiger partial charge in [0.25, 0.3) is 5.91 Å². The van der Waals surface area contributed by atoms with E-state index in [1.54, 1.807) is 0 Å². The van der Waals surface area contributed by atoms with Crippen LogP contribution in [-0.4, -0.2) is 31.3 Å². The molecule has 1 aromatic carbocycles. The number of ether oxygens (including phenoxy) is 3. The fourth-order valence-corrected chi connectivity index (χ4v) is 2.37. The van der Waals surface area contributed by atoms with E-state index in [2.05, 4.69) is 5.32 Å². The van der Waals surface area contributed by atoms with Crippen LogP contribution in [0, 0.1) is 0 Å². The number of carbonyl (C=O) groups excluding carboxylic acids is 2. The van der Waals surface area contributed by atoms with Crippen LogP contribution in [0.5, 0.6) is 0 Å². The average molecular weight is 333 g/mol. The molecule has 1 aliphatic rings. The van der Waals surface area contributed by atoms with Gasteiger partial charge in [0.1, 0.15) is 12.3 Å². The third kappa shape index (κ3) is 5.01. The SMILES string of the molecule is CCCCC(NC(=O)C1=COC(Cc2ccccc2)O1)C(=O)OC. The molecule has 1 amide bonds. The largest absolute Gasteiger partial charge is 0.467 e. The first-order valence-electron chi connectivity index (χ1n) is 8.09. The highest BCUT2D eigenvalue weighted by Crippen LogP contribution is 2.18. The summed E-state index contributed by atoms with van der Waals surface area (Å²) in [5.74, 6) is -0.865. The Morgan fingerprint density at radius 3 is 2.71 bits per heavy atom. The van der Waals surface area contributed by atoms with Gasteiger partial charge >= 0.3 is 5.97 Å². The van der Waals surface area contributed by atoms with Gasteiger partial charge in [0, 0.05) is 6.42 Å². The van der Waals surface area contributed by atoms with Crippen molar-refractivity contribution in [2.24, 2.45) is 0 Å². The number of hydrogen-bond donors (Lipinski definition) is 1. The Morgan fingerprint density at radius 1 is 1.29 bits per heavy atom. The van der Waals surface area contributed by atoms with Crippen LogP contribution in [0.1, 0.15) is 31.7 Å². The van der Waals surface area contributed by atoms with Crippen LogP contribution < -0.4 is 5.32 Å². The topological polar surface area (TPSA) is 73.9 Å². The minimum absolute atomic E-state index is 0.0707. The van der Waals surface area contributed by atoms with Gasteiger partial charge < -0.3 is 19.5 Å². The molecular weight excluding hydrogens is 310 g/mol. The number of amides is 1. The highest BCUT2D eigenvalue weighted by Gasteiger charge is 2.28. The van der Waals surface area contributed by atoms with E-state index in [9.17, 15) is 9.59 Å². The van der Waals surface area contributed by atoms with E-state index in [-0.39, 0.29) is 5.76 Å². The third-order valence-corrected chi connectivity index (χ3v) is 3.69. The Balaban J connectivity index is 1.87. The summed E-state index contributed by atoms with van der Waals surface area (Å²) in [5.41, 5.74) is 1.05. The predicted molar refractivity (Wildman–Crippen MR) is 87.7 cm³/mol. The normalized spacial score (nSPS) is 17.2. The molecule has 0 spiro atoms. The number of benzene rings is 1. The lowest BCUT2D eigenvalue weighted by molar-refractivity contribution is -0.145. The van der Waals surface area contributed by atoms with E-state index in [0.717, 1.165) is 18.4 Å². The van der Waals surface area contributed by atoms with Gasteiger partial charge in [-0.05, 0) is 12.0 Å². The molecule has 1 heterocycles. The van der Waals surface area contributed by atoms with Gasteiger partial charge in [-0.1, -0.05) is 50.1 Å². The lowest BCUT2D eigenvalue weighted by Gasteiger charge is -2.16. The van der Waals surface area contributed by atoms with Gasteiger partial charge in [0.15, 0.2) is 0 Å². The zero-order valence-electron chi connectivity index (χ0n) is 14.0. The number of unbranched alkanes of at least 4 members (excludes halogenated alkanes) is 1. The van der Waals surface area contributed by atoms with Crippen LogP contribution in [-0.2, 0) is 30.2 Å². The van der Waals surface area contributed by atoms with Gasteiger partial charge in [0.2, 0.25) is 12.0 Å². The van der Waals surface area contributed by atoms with Gasteiger partial charge in [-0.15, -0.1) is 0 Å². The molecule has 0 saturated heterocycles. The monoisotopic (exact) mass is 333 g/mol. The summed E-state index contributed by atoms with van der Waals surface area (Å²) in [6.45, 7) is 2.01. The fourth-order valence-electron chi connectivity index (χ4n) is 2.37. The van der Waals surface area contributed by atoms with Crippen molar-refractivity contribution < 1.29 is 23.8 Å². The zero-order valence-corrected chi connectivity index (χ0v) is 14.0. The van der Waals surface area contributed by atoms with Crippen LogP contribution in [0.2, 0.25) is 0 Å². The van der Waals surface area contributed by atoms with Crippen molar-refractivity contribution in [2.45, 2.75) is 44.9 Å². The maximum absolute atomic E-state index is 12.2. The molecule has 6 nitrogen and oxygen atoms in total. The van der Waals surface area contributed by atoms with Crippen LogP contribution in [0.4, 0.5) is 0 Å². The van der Waals surface area contributed by atoms with Crippen molar-refractivity contribution in [3.8, 4) is 0 Å². The van der Waals surface area contributed by atoms with Crippen molar-refractivity contribution in [1.29, 1.82) is 0 Å². The van der Waals surface area contributed by atoms with Crippen molar-refractivity contribution >= 4 is 11.9 Å². The van der Waals surface area contributed by atoms with Crippen LogP contribution >= 0.6 is 0 Å². The summed E-state index contributed by atoms with van der Waals surface area (Å²) >= 11 is 0. The molecule has 2 unspecified atom stereocenters. The first-order chi connectivity index (χ1) is 11.6. The van der Waals surface area contributed by atoms with Crippen LogP contribution in [0.15, 0.2) is 42.4 Å². The summed E-state index contributed by atoms with van der Waals surface area (Å²) in [6.07, 6.45) is 3.54. The molecule has 2 rings (SSSR count). The Hall–Kier alpha value is -2.50. The number of rotatable bonds is 8. The maximum atomic E-state index is 12.2. The first kappa shape index (κ1) is 17.8. The summed E-state index contributed by atoms with van der Waals surface area (Å²) in [5, 5.41) is 2.64. The van der Waals surface area contributed by atoms with E-state index in [1.807, 2.05) is 37.3 Å². The Bertz CT molecular complexity index is 584. The summed E-state index contributed by atoms with van der Waals surface area (Å²) < 4.78 is 15.6. The quantitative estimate of drug-likeness (QED) is 0.739. The molecule has 0 bridgehead atoms. The highest BCUT2D eigenvalue weighted by molar-refractivity contribution is 5.94. The second kappa shape index (κ2) is 8.96. The van der Waals surface area contributed by atoms with Crippen molar-refractivity contribution in [3.63, 3.8) is 0 Å². The maximum Gasteiger partial charge on any atom is 0.328 e. The van der Waals surface area contributed by atoms with E-state index in [4.69, 9.17) is 14.2 Å². The van der Waals surface area contributed by atoms with Crippen LogP contribution in [0.25, 0.3) is 0 Å². The molecule has 1 N–H and O–H groups in total. The predicted octanol–water partition coefficient (Wildman–Crippen LogP) is 2.29. The lowest BCUT2D eigenvalue weighted by Crippen LogP contribution is -2.42. The van der Waals surface area contributed by atoms with Crippen molar-refractivity contribution in [2.75, 3.05) is 7.11 Å². The van der Waals surface area contributed by atoms with Crippen LogP contribution in [0.3, 0.4) is 0 Å². The lowest BCUT2D eigenvalue weighted by atomic mass is 10.1. The summed E-state index contributed by atoms with van der Waals surface area (Å²) in [7, 11) is 1.30. The van der Waals surface area contributed by atoms with Gasteiger partial charge in [-0.2, -0.15) is 0 Å². The number of methoxy groups -OCH3 is 1. The Labute approximate surface area is 141 Å². The first-order valence-corrected chi connectivity index (χ1v) is 8.09. The molecule has 1 aliphatic heterocycles. The van der Waals surface area contributed by atoms with Crippen molar-refractivity contribution in [1.82, 2.24) is 5.32 Å². The van der Waals surface area contributed by atoms with Gasteiger partial charge in [-0.3, -0.25) is 4.79 Å². The average Bonchev–Trinajstić information content (AvgIpc) is 3.07. The number of esters is 1. The molecule has 0 aliphatic carbocycles. The molecule has 24 heavy (non-hydrogen) atoms. The van der Waals surface area contributed by atoms with Gasteiger partial charge in [0.05, 0.1) is 7.11 Å². The molecule has 0 radical (unpaired) electrons. The fraction of sp³-hybridized carbons (Fsp3) is 0.444. The minimum Gasteiger partial charge on any atom is -0.467 e. The van der Waals surface area contributed by atoms with E-state index >= 15 is 0 Å². The Kier molecular flexibility index (Phi) is 6.66. The van der Waals surface area contributed by atoms with Crippen molar-refractivity contribution in [3.05, 3.63) is 47.9 Å². The molecule has 1 aromatic rings.